The summed E-state index contributed by atoms with van der Waals surface area (Å²) >= 11 is 0. The lowest BCUT2D eigenvalue weighted by molar-refractivity contribution is 0.227. The highest BCUT2D eigenvalue weighted by Gasteiger charge is 2.35. The monoisotopic (exact) mass is 285 g/mol. The average Bonchev–Trinajstić information content (AvgIpc) is 3.08. The van der Waals surface area contributed by atoms with Crippen LogP contribution in [0.4, 0.5) is 0 Å². The van der Waals surface area contributed by atoms with Crippen molar-refractivity contribution in [2.45, 2.75) is 19.3 Å². The molecule has 0 aromatic heterocycles. The fourth-order valence-corrected chi connectivity index (χ4v) is 3.58. The summed E-state index contributed by atoms with van der Waals surface area (Å²) in [6, 6.07) is 7.75. The van der Waals surface area contributed by atoms with Crippen LogP contribution in [-0.4, -0.2) is 42.9 Å². The topological polar surface area (TPSA) is 32.7 Å². The maximum Gasteiger partial charge on any atom is 0.119 e. The van der Waals surface area contributed by atoms with E-state index < -0.39 is 0 Å². The lowest BCUT2D eigenvalue weighted by Crippen LogP contribution is -2.27. The Morgan fingerprint density at radius 3 is 2.52 bits per heavy atom. The van der Waals surface area contributed by atoms with Crippen molar-refractivity contribution >= 4 is 0 Å². The van der Waals surface area contributed by atoms with E-state index in [1.54, 1.807) is 0 Å². The van der Waals surface area contributed by atoms with E-state index in [9.17, 15) is 0 Å². The second kappa shape index (κ2) is 6.98. The maximum absolute atomic E-state index is 8.66. The normalized spacial score (nSPS) is 24.4. The summed E-state index contributed by atoms with van der Waals surface area (Å²) in [7, 11) is 0. The lowest BCUT2D eigenvalue weighted by Gasteiger charge is -2.17. The van der Waals surface area contributed by atoms with Crippen molar-refractivity contribution in [3.05, 3.63) is 29.8 Å². The van der Waals surface area contributed by atoms with Gasteiger partial charge in [-0.05, 0) is 48.9 Å². The van der Waals surface area contributed by atoms with Gasteiger partial charge in [-0.3, -0.25) is 4.90 Å². The Morgan fingerprint density at radius 2 is 1.86 bits per heavy atom. The molecular weight excluding hydrogens is 262 g/mol. The Labute approximate surface area is 126 Å². The molecule has 1 saturated carbocycles. The molecule has 112 valence electrons. The van der Waals surface area contributed by atoms with E-state index in [1.165, 1.54) is 32.4 Å². The van der Waals surface area contributed by atoms with Gasteiger partial charge in [0, 0.05) is 25.2 Å². The highest BCUT2D eigenvalue weighted by molar-refractivity contribution is 5.38. The molecule has 1 saturated heterocycles. The van der Waals surface area contributed by atoms with Gasteiger partial charge in [0.05, 0.1) is 0 Å². The molecule has 0 spiro atoms. The first-order valence-electron chi connectivity index (χ1n) is 7.90. The van der Waals surface area contributed by atoms with Gasteiger partial charge in [-0.25, -0.2) is 0 Å². The van der Waals surface area contributed by atoms with Crippen LogP contribution in [0.15, 0.2) is 24.3 Å². The average molecular weight is 285 g/mol. The molecule has 1 heterocycles. The number of ether oxygens (including phenoxy) is 1. The molecule has 21 heavy (non-hydrogen) atoms. The Morgan fingerprint density at radius 1 is 1.14 bits per heavy atom. The molecule has 0 radical (unpaired) electrons. The van der Waals surface area contributed by atoms with Gasteiger partial charge < -0.3 is 9.84 Å². The van der Waals surface area contributed by atoms with Gasteiger partial charge in [0.2, 0.25) is 0 Å². The maximum atomic E-state index is 8.66. The molecular formula is C18H23NO2. The number of hydrogen-bond acceptors (Lipinski definition) is 3. The van der Waals surface area contributed by atoms with Gasteiger partial charge in [0.25, 0.3) is 0 Å². The third kappa shape index (κ3) is 3.78. The SMILES string of the molecule is OCC#Cc1ccc(OCCN2CC3CCCC3C2)cc1. The number of hydrogen-bond donors (Lipinski definition) is 1. The van der Waals surface area contributed by atoms with Crippen LogP contribution in [0.5, 0.6) is 5.75 Å². The standard InChI is InChI=1S/C18H23NO2/c20-11-2-3-15-6-8-18(9-7-15)21-12-10-19-13-16-4-1-5-17(16)14-19/h6-9,16-17,20H,1,4-5,10-14H2. The van der Waals surface area contributed by atoms with Crippen molar-refractivity contribution in [1.29, 1.82) is 0 Å². The van der Waals surface area contributed by atoms with Crippen LogP contribution >= 0.6 is 0 Å². The molecule has 1 aliphatic carbocycles. The predicted molar refractivity (Wildman–Crippen MR) is 83.2 cm³/mol. The number of fused-ring (bicyclic) bond motifs is 1. The summed E-state index contributed by atoms with van der Waals surface area (Å²) in [5, 5.41) is 8.66. The molecule has 2 fully saturated rings. The number of benzene rings is 1. The van der Waals surface area contributed by atoms with Crippen molar-refractivity contribution in [2.75, 3.05) is 32.8 Å². The number of nitrogens with zero attached hydrogens (tertiary/aromatic N) is 1. The summed E-state index contributed by atoms with van der Waals surface area (Å²) in [6.45, 7) is 4.21. The molecule has 1 aromatic carbocycles. The molecule has 3 nitrogen and oxygen atoms in total. The van der Waals surface area contributed by atoms with E-state index in [0.29, 0.717) is 0 Å². The largest absolute Gasteiger partial charge is 0.492 e. The first kappa shape index (κ1) is 14.4. The third-order valence-electron chi connectivity index (χ3n) is 4.64. The van der Waals surface area contributed by atoms with Gasteiger partial charge in [-0.2, -0.15) is 0 Å². The third-order valence-corrected chi connectivity index (χ3v) is 4.64. The Bertz CT molecular complexity index is 502. The summed E-state index contributed by atoms with van der Waals surface area (Å²) in [5.74, 6) is 8.32. The summed E-state index contributed by atoms with van der Waals surface area (Å²) in [6.07, 6.45) is 4.29. The second-order valence-electron chi connectivity index (χ2n) is 6.04. The van der Waals surface area contributed by atoms with Gasteiger partial charge in [-0.1, -0.05) is 18.3 Å². The van der Waals surface area contributed by atoms with Crippen molar-refractivity contribution in [3.63, 3.8) is 0 Å². The summed E-state index contributed by atoms with van der Waals surface area (Å²) < 4.78 is 5.81. The van der Waals surface area contributed by atoms with E-state index in [2.05, 4.69) is 16.7 Å². The summed E-state index contributed by atoms with van der Waals surface area (Å²) in [5.41, 5.74) is 0.906. The van der Waals surface area contributed by atoms with Crippen LogP contribution in [0.25, 0.3) is 0 Å². The van der Waals surface area contributed by atoms with Gasteiger partial charge >= 0.3 is 0 Å². The van der Waals surface area contributed by atoms with Crippen LogP contribution < -0.4 is 4.74 Å². The first-order valence-corrected chi connectivity index (χ1v) is 7.90. The fraction of sp³-hybridized carbons (Fsp3) is 0.556. The zero-order chi connectivity index (χ0) is 14.5. The van der Waals surface area contributed by atoms with E-state index in [0.717, 1.165) is 36.3 Å². The molecule has 0 amide bonds. The lowest BCUT2D eigenvalue weighted by atomic mass is 10.0. The van der Waals surface area contributed by atoms with E-state index in [-0.39, 0.29) is 6.61 Å². The predicted octanol–water partition coefficient (Wildman–Crippen LogP) is 2.14. The molecule has 1 aliphatic heterocycles. The molecule has 2 aliphatic rings. The summed E-state index contributed by atoms with van der Waals surface area (Å²) in [4.78, 5) is 2.55. The van der Waals surface area contributed by atoms with Crippen LogP contribution in [0.3, 0.4) is 0 Å². The van der Waals surface area contributed by atoms with Gasteiger partial charge in [0.15, 0.2) is 0 Å². The molecule has 3 rings (SSSR count). The number of aliphatic hydroxyl groups is 1. The zero-order valence-electron chi connectivity index (χ0n) is 12.4. The second-order valence-corrected chi connectivity index (χ2v) is 6.04. The zero-order valence-corrected chi connectivity index (χ0v) is 12.4. The minimum atomic E-state index is -0.101. The Balaban J connectivity index is 1.41. The Kier molecular flexibility index (Phi) is 4.80. The smallest absolute Gasteiger partial charge is 0.119 e. The molecule has 2 unspecified atom stereocenters. The van der Waals surface area contributed by atoms with Crippen LogP contribution in [0.2, 0.25) is 0 Å². The van der Waals surface area contributed by atoms with E-state index >= 15 is 0 Å². The van der Waals surface area contributed by atoms with Crippen molar-refractivity contribution in [3.8, 4) is 17.6 Å². The molecule has 0 bridgehead atoms. The highest BCUT2D eigenvalue weighted by atomic mass is 16.5. The van der Waals surface area contributed by atoms with Crippen LogP contribution in [0, 0.1) is 23.7 Å². The van der Waals surface area contributed by atoms with Gasteiger partial charge in [-0.15, -0.1) is 0 Å². The quantitative estimate of drug-likeness (QED) is 0.860. The Hall–Kier alpha value is -1.50. The van der Waals surface area contributed by atoms with Crippen molar-refractivity contribution < 1.29 is 9.84 Å². The van der Waals surface area contributed by atoms with Crippen LogP contribution in [-0.2, 0) is 0 Å². The van der Waals surface area contributed by atoms with Crippen molar-refractivity contribution in [2.24, 2.45) is 11.8 Å². The van der Waals surface area contributed by atoms with E-state index in [4.69, 9.17) is 9.84 Å². The minimum Gasteiger partial charge on any atom is -0.492 e. The van der Waals surface area contributed by atoms with Crippen molar-refractivity contribution in [1.82, 2.24) is 4.90 Å². The number of rotatable bonds is 4. The molecule has 2 atom stereocenters. The molecule has 1 aromatic rings. The first-order chi connectivity index (χ1) is 10.3. The van der Waals surface area contributed by atoms with Gasteiger partial charge in [0.1, 0.15) is 19.0 Å². The number of aliphatic hydroxyl groups excluding tert-OH is 1. The molecule has 1 N–H and O–H groups in total. The number of likely N-dealkylation sites (tertiary alicyclic amines) is 1. The highest BCUT2D eigenvalue weighted by Crippen LogP contribution is 2.37. The minimum absolute atomic E-state index is 0.101. The van der Waals surface area contributed by atoms with E-state index in [1.807, 2.05) is 24.3 Å². The van der Waals surface area contributed by atoms with Crippen LogP contribution in [0.1, 0.15) is 24.8 Å². The molecule has 3 heteroatoms. The fourth-order valence-electron chi connectivity index (χ4n) is 3.58.